The number of rotatable bonds is 0. The molecule has 0 atom stereocenters. The number of aryl methyl sites for hydroxylation is 2. The number of fused-ring (bicyclic) bond motifs is 3. The van der Waals surface area contributed by atoms with Crippen LogP contribution in [0.1, 0.15) is 17.8 Å². The van der Waals surface area contributed by atoms with Gasteiger partial charge in [-0.1, -0.05) is 0 Å². The number of hydrogen-bond acceptors (Lipinski definition) is 2. The van der Waals surface area contributed by atoms with Crippen LogP contribution in [-0.2, 0) is 12.8 Å². The molecule has 1 aliphatic carbocycles. The zero-order valence-corrected chi connectivity index (χ0v) is 7.20. The first kappa shape index (κ1) is 6.95. The molecular weight excluding hydrogens is 164 g/mol. The van der Waals surface area contributed by atoms with Crippen molar-refractivity contribution in [2.75, 3.05) is 0 Å². The summed E-state index contributed by atoms with van der Waals surface area (Å²) in [6, 6.07) is 3.53. The number of pyridine rings is 1. The Bertz CT molecular complexity index is 473. The van der Waals surface area contributed by atoms with Gasteiger partial charge >= 0.3 is 0 Å². The van der Waals surface area contributed by atoms with Crippen LogP contribution in [0.2, 0.25) is 0 Å². The van der Waals surface area contributed by atoms with E-state index in [1.807, 2.05) is 16.7 Å². The molecule has 0 spiro atoms. The zero-order chi connectivity index (χ0) is 8.84. The predicted molar refractivity (Wildman–Crippen MR) is 48.9 cm³/mol. The van der Waals surface area contributed by atoms with Gasteiger partial charge in [0.1, 0.15) is 0 Å². The molecule has 0 fully saturated rings. The third kappa shape index (κ3) is 0.813. The Kier molecular flexibility index (Phi) is 1.20. The lowest BCUT2D eigenvalue weighted by molar-refractivity contribution is 0.477. The normalized spacial score (nSPS) is 15.1. The van der Waals surface area contributed by atoms with E-state index >= 15 is 0 Å². The second-order valence-corrected chi connectivity index (χ2v) is 3.45. The van der Waals surface area contributed by atoms with Gasteiger partial charge in [-0.25, -0.2) is 4.98 Å². The Hall–Kier alpha value is -1.51. The van der Waals surface area contributed by atoms with Crippen LogP contribution in [0.3, 0.4) is 0 Å². The van der Waals surface area contributed by atoms with E-state index < -0.39 is 0 Å². The van der Waals surface area contributed by atoms with Crippen LogP contribution in [0.15, 0.2) is 18.3 Å². The molecular formula is C10H10N2O. The van der Waals surface area contributed by atoms with E-state index in [-0.39, 0.29) is 5.75 Å². The van der Waals surface area contributed by atoms with Gasteiger partial charge in [-0.3, -0.25) is 0 Å². The summed E-state index contributed by atoms with van der Waals surface area (Å²) in [5.41, 5.74) is 3.12. The molecule has 0 bridgehead atoms. The summed E-state index contributed by atoms with van der Waals surface area (Å²) in [6.07, 6.45) is 5.29. The van der Waals surface area contributed by atoms with Crippen molar-refractivity contribution in [3.8, 4) is 5.75 Å². The van der Waals surface area contributed by atoms with Crippen LogP contribution < -0.4 is 0 Å². The SMILES string of the molecule is Oc1cccn2c3c(nc12)CCC3. The minimum Gasteiger partial charge on any atom is -0.504 e. The molecule has 0 amide bonds. The van der Waals surface area contributed by atoms with Crippen LogP contribution in [0.4, 0.5) is 0 Å². The van der Waals surface area contributed by atoms with Crippen molar-refractivity contribution in [2.45, 2.75) is 19.3 Å². The average molecular weight is 174 g/mol. The van der Waals surface area contributed by atoms with Gasteiger partial charge in [0.05, 0.1) is 5.69 Å². The molecule has 13 heavy (non-hydrogen) atoms. The first-order valence-corrected chi connectivity index (χ1v) is 4.54. The van der Waals surface area contributed by atoms with Crippen LogP contribution >= 0.6 is 0 Å². The molecule has 2 aromatic rings. The van der Waals surface area contributed by atoms with E-state index in [2.05, 4.69) is 4.98 Å². The fourth-order valence-corrected chi connectivity index (χ4v) is 2.04. The Morgan fingerprint density at radius 1 is 1.38 bits per heavy atom. The maximum atomic E-state index is 9.55. The third-order valence-electron chi connectivity index (χ3n) is 2.64. The number of hydrogen-bond donors (Lipinski definition) is 1. The maximum absolute atomic E-state index is 9.55. The first-order chi connectivity index (χ1) is 6.36. The third-order valence-corrected chi connectivity index (χ3v) is 2.64. The molecule has 3 rings (SSSR count). The molecule has 0 radical (unpaired) electrons. The number of aromatic nitrogens is 2. The highest BCUT2D eigenvalue weighted by Gasteiger charge is 2.18. The molecule has 0 aliphatic heterocycles. The minimum atomic E-state index is 0.275. The first-order valence-electron chi connectivity index (χ1n) is 4.54. The molecule has 2 heterocycles. The summed E-state index contributed by atoms with van der Waals surface area (Å²) in [6.45, 7) is 0. The lowest BCUT2D eigenvalue weighted by atomic mass is 10.3. The molecule has 3 heteroatoms. The van der Waals surface area contributed by atoms with Gasteiger partial charge in [0.2, 0.25) is 0 Å². The fourth-order valence-electron chi connectivity index (χ4n) is 2.04. The Morgan fingerprint density at radius 2 is 2.31 bits per heavy atom. The van der Waals surface area contributed by atoms with E-state index in [0.717, 1.165) is 18.5 Å². The van der Waals surface area contributed by atoms with Crippen molar-refractivity contribution < 1.29 is 5.11 Å². The summed E-state index contributed by atoms with van der Waals surface area (Å²) in [5.74, 6) is 0.275. The van der Waals surface area contributed by atoms with Crippen LogP contribution in [0.25, 0.3) is 5.65 Å². The van der Waals surface area contributed by atoms with E-state index in [1.165, 1.54) is 12.1 Å². The average Bonchev–Trinajstić information content (AvgIpc) is 2.65. The largest absolute Gasteiger partial charge is 0.504 e. The predicted octanol–water partition coefficient (Wildman–Crippen LogP) is 1.53. The van der Waals surface area contributed by atoms with Crippen molar-refractivity contribution >= 4 is 5.65 Å². The summed E-state index contributed by atoms with van der Waals surface area (Å²) < 4.78 is 2.00. The summed E-state index contributed by atoms with van der Waals surface area (Å²) in [5, 5.41) is 9.55. The van der Waals surface area contributed by atoms with Gasteiger partial charge in [0.15, 0.2) is 11.4 Å². The molecule has 3 nitrogen and oxygen atoms in total. The standard InChI is InChI=1S/C10H10N2O/c13-9-5-2-6-12-8-4-1-3-7(8)11-10(9)12/h2,5-6,13H,1,3-4H2. The highest BCUT2D eigenvalue weighted by Crippen LogP contribution is 2.26. The molecule has 0 saturated heterocycles. The van der Waals surface area contributed by atoms with Gasteiger partial charge in [-0.2, -0.15) is 0 Å². The number of imidazole rings is 1. The van der Waals surface area contributed by atoms with Crippen molar-refractivity contribution in [2.24, 2.45) is 0 Å². The molecule has 0 unspecified atom stereocenters. The Labute approximate surface area is 75.7 Å². The molecule has 1 aliphatic rings. The second-order valence-electron chi connectivity index (χ2n) is 3.45. The lowest BCUT2D eigenvalue weighted by Gasteiger charge is -1.98. The van der Waals surface area contributed by atoms with E-state index in [4.69, 9.17) is 0 Å². The topological polar surface area (TPSA) is 37.5 Å². The van der Waals surface area contributed by atoms with Crippen molar-refractivity contribution in [3.63, 3.8) is 0 Å². The van der Waals surface area contributed by atoms with Gasteiger partial charge in [-0.15, -0.1) is 0 Å². The number of nitrogens with zero attached hydrogens (tertiary/aromatic N) is 2. The Balaban J connectivity index is 2.44. The Morgan fingerprint density at radius 3 is 3.23 bits per heavy atom. The van der Waals surface area contributed by atoms with Crippen LogP contribution in [0.5, 0.6) is 5.75 Å². The van der Waals surface area contributed by atoms with Gasteiger partial charge in [-0.05, 0) is 31.4 Å². The smallest absolute Gasteiger partial charge is 0.179 e. The van der Waals surface area contributed by atoms with Crippen LogP contribution in [0, 0.1) is 0 Å². The summed E-state index contributed by atoms with van der Waals surface area (Å²) in [4.78, 5) is 4.41. The second kappa shape index (κ2) is 2.25. The monoisotopic (exact) mass is 174 g/mol. The van der Waals surface area contributed by atoms with E-state index in [9.17, 15) is 5.11 Å². The molecule has 66 valence electrons. The van der Waals surface area contributed by atoms with Crippen molar-refractivity contribution in [1.82, 2.24) is 9.38 Å². The highest BCUT2D eigenvalue weighted by molar-refractivity contribution is 5.55. The maximum Gasteiger partial charge on any atom is 0.179 e. The van der Waals surface area contributed by atoms with Gasteiger partial charge in [0, 0.05) is 11.9 Å². The highest BCUT2D eigenvalue weighted by atomic mass is 16.3. The van der Waals surface area contributed by atoms with E-state index in [0.29, 0.717) is 5.65 Å². The minimum absolute atomic E-state index is 0.275. The van der Waals surface area contributed by atoms with Crippen LogP contribution in [-0.4, -0.2) is 14.5 Å². The molecule has 2 aromatic heterocycles. The molecule has 0 aromatic carbocycles. The zero-order valence-electron chi connectivity index (χ0n) is 7.20. The fraction of sp³-hybridized carbons (Fsp3) is 0.300. The van der Waals surface area contributed by atoms with E-state index in [1.54, 1.807) is 6.07 Å². The number of aromatic hydroxyl groups is 1. The van der Waals surface area contributed by atoms with Gasteiger partial charge in [0.25, 0.3) is 0 Å². The summed E-state index contributed by atoms with van der Waals surface area (Å²) in [7, 11) is 0. The quantitative estimate of drug-likeness (QED) is 0.657. The lowest BCUT2D eigenvalue weighted by Crippen LogP contribution is -1.89. The van der Waals surface area contributed by atoms with Crippen molar-refractivity contribution in [1.29, 1.82) is 0 Å². The summed E-state index contributed by atoms with van der Waals surface area (Å²) >= 11 is 0. The molecule has 1 N–H and O–H groups in total. The van der Waals surface area contributed by atoms with Crippen molar-refractivity contribution in [3.05, 3.63) is 29.7 Å². The molecule has 0 saturated carbocycles. The van der Waals surface area contributed by atoms with Gasteiger partial charge < -0.3 is 9.51 Å².